The van der Waals surface area contributed by atoms with Crippen molar-refractivity contribution in [2.75, 3.05) is 0 Å². The summed E-state index contributed by atoms with van der Waals surface area (Å²) in [5, 5.41) is 5.61. The van der Waals surface area contributed by atoms with Crippen LogP contribution in [-0.4, -0.2) is 8.42 Å². The number of halogens is 2. The number of hydrogen-bond donors (Lipinski definition) is 1. The second-order valence-corrected chi connectivity index (χ2v) is 4.86. The van der Waals surface area contributed by atoms with Crippen LogP contribution < -0.4 is 5.14 Å². The molecule has 0 fully saturated rings. The molecule has 3 nitrogen and oxygen atoms in total. The van der Waals surface area contributed by atoms with Gasteiger partial charge in [-0.3, -0.25) is 0 Å². The molecule has 0 saturated heterocycles. The number of rotatable bonds is 2. The monoisotopic (exact) mass is 279 g/mol. The first kappa shape index (κ1) is 11.4. The first-order chi connectivity index (χ1) is 6.38. The molecule has 76 valence electrons. The van der Waals surface area contributed by atoms with E-state index in [2.05, 4.69) is 15.9 Å². The summed E-state index contributed by atoms with van der Waals surface area (Å²) in [5.74, 6) is -0.398. The van der Waals surface area contributed by atoms with Gasteiger partial charge in [0.1, 0.15) is 5.82 Å². The third-order valence-electron chi connectivity index (χ3n) is 1.40. The Morgan fingerprint density at radius 3 is 2.57 bits per heavy atom. The normalized spacial score (nSPS) is 12.2. The lowest BCUT2D eigenvalue weighted by atomic mass is 10.2. The van der Waals surface area contributed by atoms with Gasteiger partial charge < -0.3 is 0 Å². The van der Waals surface area contributed by atoms with Gasteiger partial charge >= 0.3 is 0 Å². The topological polar surface area (TPSA) is 60.2 Å². The van der Waals surface area contributed by atoms with Crippen molar-refractivity contribution in [2.24, 2.45) is 5.14 Å². The van der Waals surface area contributed by atoms with Crippen LogP contribution in [0.5, 0.6) is 0 Å². The quantitative estimate of drug-likeness (QED) is 0.898. The molecule has 6 heteroatoms. The van der Waals surface area contributed by atoms with Gasteiger partial charge in [0.25, 0.3) is 0 Å². The van der Waals surface area contributed by atoms with E-state index in [0.717, 1.165) is 5.41 Å². The molecule has 0 radical (unpaired) electrons. The molecular weight excluding hydrogens is 273 g/mol. The van der Waals surface area contributed by atoms with E-state index in [1.165, 1.54) is 24.3 Å². The van der Waals surface area contributed by atoms with Crippen LogP contribution in [0.3, 0.4) is 0 Å². The summed E-state index contributed by atoms with van der Waals surface area (Å²) in [6.07, 6.45) is 1.29. The molecule has 0 spiro atoms. The Kier molecular flexibility index (Phi) is 3.41. The summed E-state index contributed by atoms with van der Waals surface area (Å²) in [5.41, 5.74) is 0.542. The summed E-state index contributed by atoms with van der Waals surface area (Å²) in [7, 11) is -3.64. The standard InChI is InChI=1S/C8H7BrFNO2S/c9-8-5-7(10)2-1-6(8)3-4-14(11,12)13/h1-5H,(H2,11,12,13)/b4-3+. The second-order valence-electron chi connectivity index (χ2n) is 2.56. The molecule has 0 amide bonds. The molecule has 2 N–H and O–H groups in total. The van der Waals surface area contributed by atoms with Crippen molar-refractivity contribution in [3.63, 3.8) is 0 Å². The van der Waals surface area contributed by atoms with Crippen LogP contribution in [0.1, 0.15) is 5.56 Å². The number of hydrogen-bond acceptors (Lipinski definition) is 2. The minimum absolute atomic E-state index is 0.398. The third kappa shape index (κ3) is 3.57. The highest BCUT2D eigenvalue weighted by atomic mass is 79.9. The Labute approximate surface area is 89.6 Å². The molecule has 14 heavy (non-hydrogen) atoms. The van der Waals surface area contributed by atoms with E-state index in [1.54, 1.807) is 0 Å². The van der Waals surface area contributed by atoms with Crippen LogP contribution in [0.2, 0.25) is 0 Å². The van der Waals surface area contributed by atoms with Gasteiger partial charge in [-0.15, -0.1) is 0 Å². The minimum Gasteiger partial charge on any atom is -0.225 e. The molecule has 0 bridgehead atoms. The first-order valence-electron chi connectivity index (χ1n) is 3.54. The van der Waals surface area contributed by atoms with Gasteiger partial charge in [0.15, 0.2) is 0 Å². The highest BCUT2D eigenvalue weighted by Gasteiger charge is 1.99. The zero-order valence-electron chi connectivity index (χ0n) is 6.94. The smallest absolute Gasteiger partial charge is 0.225 e. The molecule has 0 atom stereocenters. The predicted octanol–water partition coefficient (Wildman–Crippen LogP) is 1.85. The molecule has 0 aliphatic carbocycles. The van der Waals surface area contributed by atoms with Crippen molar-refractivity contribution < 1.29 is 12.8 Å². The zero-order chi connectivity index (χ0) is 10.8. The van der Waals surface area contributed by atoms with E-state index in [-0.39, 0.29) is 0 Å². The van der Waals surface area contributed by atoms with Crippen molar-refractivity contribution in [1.29, 1.82) is 0 Å². The van der Waals surface area contributed by atoms with E-state index in [4.69, 9.17) is 5.14 Å². The maximum atomic E-state index is 12.6. The summed E-state index contributed by atoms with van der Waals surface area (Å²) in [6, 6.07) is 3.91. The summed E-state index contributed by atoms with van der Waals surface area (Å²) in [6.45, 7) is 0. The molecule has 0 aliphatic heterocycles. The average molecular weight is 280 g/mol. The van der Waals surface area contributed by atoms with Crippen LogP contribution in [0, 0.1) is 5.82 Å². The van der Waals surface area contributed by atoms with E-state index >= 15 is 0 Å². The van der Waals surface area contributed by atoms with E-state index in [0.29, 0.717) is 10.0 Å². The van der Waals surface area contributed by atoms with E-state index in [1.807, 2.05) is 0 Å². The van der Waals surface area contributed by atoms with Gasteiger partial charge in [0, 0.05) is 9.88 Å². The second kappa shape index (κ2) is 4.20. The maximum absolute atomic E-state index is 12.6. The third-order valence-corrected chi connectivity index (χ3v) is 2.60. The summed E-state index contributed by atoms with van der Waals surface area (Å²) in [4.78, 5) is 0. The lowest BCUT2D eigenvalue weighted by Crippen LogP contribution is -2.06. The summed E-state index contributed by atoms with van der Waals surface area (Å²) >= 11 is 3.09. The Bertz CT molecular complexity index is 470. The molecule has 0 saturated carbocycles. The number of primary sulfonamides is 1. The van der Waals surface area contributed by atoms with Gasteiger partial charge in [-0.1, -0.05) is 22.0 Å². The van der Waals surface area contributed by atoms with Gasteiger partial charge in [-0.2, -0.15) is 0 Å². The van der Waals surface area contributed by atoms with Crippen LogP contribution in [0.15, 0.2) is 28.1 Å². The largest absolute Gasteiger partial charge is 0.231 e. The predicted molar refractivity (Wildman–Crippen MR) is 56.2 cm³/mol. The molecule has 1 aromatic carbocycles. The first-order valence-corrected chi connectivity index (χ1v) is 5.95. The molecule has 0 unspecified atom stereocenters. The SMILES string of the molecule is NS(=O)(=O)/C=C/c1ccc(F)cc1Br. The fraction of sp³-hybridized carbons (Fsp3) is 0. The van der Waals surface area contributed by atoms with E-state index in [9.17, 15) is 12.8 Å². The van der Waals surface area contributed by atoms with Crippen molar-refractivity contribution in [3.05, 3.63) is 39.5 Å². The molecule has 0 heterocycles. The zero-order valence-corrected chi connectivity index (χ0v) is 9.35. The molecule has 1 rings (SSSR count). The van der Waals surface area contributed by atoms with Crippen LogP contribution in [0.25, 0.3) is 6.08 Å². The molecular formula is C8H7BrFNO2S. The Hall–Kier alpha value is -0.720. The van der Waals surface area contributed by atoms with Crippen molar-refractivity contribution >= 4 is 32.0 Å². The summed E-state index contributed by atoms with van der Waals surface area (Å²) < 4.78 is 34.3. The van der Waals surface area contributed by atoms with Gasteiger partial charge in [-0.05, 0) is 23.8 Å². The number of benzene rings is 1. The lowest BCUT2D eigenvalue weighted by Gasteiger charge is -1.97. The van der Waals surface area contributed by atoms with Crippen LogP contribution in [0.4, 0.5) is 4.39 Å². The highest BCUT2D eigenvalue weighted by molar-refractivity contribution is 9.10. The maximum Gasteiger partial charge on any atom is 0.231 e. The minimum atomic E-state index is -3.64. The van der Waals surface area contributed by atoms with Gasteiger partial charge in [0.05, 0.1) is 0 Å². The van der Waals surface area contributed by atoms with Crippen molar-refractivity contribution in [3.8, 4) is 0 Å². The van der Waals surface area contributed by atoms with Crippen LogP contribution >= 0.6 is 15.9 Å². The van der Waals surface area contributed by atoms with Gasteiger partial charge in [0.2, 0.25) is 10.0 Å². The molecule has 0 aromatic heterocycles. The van der Waals surface area contributed by atoms with E-state index < -0.39 is 15.8 Å². The number of nitrogens with two attached hydrogens (primary N) is 1. The average Bonchev–Trinajstić information content (AvgIpc) is 2.00. The molecule has 1 aromatic rings. The Balaban J connectivity index is 3.05. The fourth-order valence-electron chi connectivity index (χ4n) is 0.805. The lowest BCUT2D eigenvalue weighted by molar-refractivity contribution is 0.606. The van der Waals surface area contributed by atoms with Crippen molar-refractivity contribution in [2.45, 2.75) is 0 Å². The molecule has 0 aliphatic rings. The van der Waals surface area contributed by atoms with Crippen LogP contribution in [-0.2, 0) is 10.0 Å². The highest BCUT2D eigenvalue weighted by Crippen LogP contribution is 2.19. The Morgan fingerprint density at radius 2 is 2.07 bits per heavy atom. The van der Waals surface area contributed by atoms with Gasteiger partial charge in [-0.25, -0.2) is 17.9 Å². The Morgan fingerprint density at radius 1 is 1.43 bits per heavy atom. The fourth-order valence-corrected chi connectivity index (χ4v) is 1.62. The number of sulfonamides is 1. The van der Waals surface area contributed by atoms with Crippen molar-refractivity contribution in [1.82, 2.24) is 0 Å².